The highest BCUT2D eigenvalue weighted by Crippen LogP contribution is 2.34. The number of alkyl halides is 1. The van der Waals surface area contributed by atoms with Gasteiger partial charge in [-0.15, -0.1) is 22.9 Å². The van der Waals surface area contributed by atoms with Gasteiger partial charge in [0.1, 0.15) is 0 Å². The van der Waals surface area contributed by atoms with Gasteiger partial charge < -0.3 is 0 Å². The third kappa shape index (κ3) is 2.02. The average Bonchev–Trinajstić information content (AvgIpc) is 2.28. The molecule has 0 spiro atoms. The van der Waals surface area contributed by atoms with Crippen LogP contribution >= 0.6 is 22.9 Å². The van der Waals surface area contributed by atoms with Crippen LogP contribution in [0.15, 0.2) is 6.07 Å². The van der Waals surface area contributed by atoms with E-state index < -0.39 is 0 Å². The van der Waals surface area contributed by atoms with E-state index in [1.54, 1.807) is 0 Å². The number of hydrogen-bond acceptors (Lipinski definition) is 1. The van der Waals surface area contributed by atoms with E-state index in [1.165, 1.54) is 15.3 Å². The lowest BCUT2D eigenvalue weighted by atomic mass is 10.0. The monoisotopic (exact) mass is 202 g/mol. The van der Waals surface area contributed by atoms with Crippen LogP contribution in [0.5, 0.6) is 0 Å². The van der Waals surface area contributed by atoms with Gasteiger partial charge in [-0.1, -0.05) is 13.8 Å². The van der Waals surface area contributed by atoms with Gasteiger partial charge in [0.2, 0.25) is 0 Å². The van der Waals surface area contributed by atoms with Gasteiger partial charge >= 0.3 is 0 Å². The van der Waals surface area contributed by atoms with E-state index in [9.17, 15) is 0 Å². The number of aryl methyl sites for hydroxylation is 2. The first-order valence-corrected chi connectivity index (χ1v) is 5.48. The lowest BCUT2D eigenvalue weighted by molar-refractivity contribution is 0.623. The third-order valence-corrected chi connectivity index (χ3v) is 3.68. The standard InChI is InChI=1S/C10H15ClS/c1-6(2)10(11)9-5-7(3)12-8(9)4/h5-6,10H,1-4H3. The van der Waals surface area contributed by atoms with Crippen LogP contribution in [0.1, 0.15) is 34.5 Å². The third-order valence-electron chi connectivity index (χ3n) is 1.96. The summed E-state index contributed by atoms with van der Waals surface area (Å²) in [5.74, 6) is 0.513. The summed E-state index contributed by atoms with van der Waals surface area (Å²) in [5, 5.41) is 0.176. The molecule has 0 aliphatic heterocycles. The average molecular weight is 203 g/mol. The minimum absolute atomic E-state index is 0.176. The molecule has 0 aliphatic carbocycles. The molecule has 1 rings (SSSR count). The van der Waals surface area contributed by atoms with Gasteiger partial charge in [-0.3, -0.25) is 0 Å². The largest absolute Gasteiger partial charge is 0.146 e. The summed E-state index contributed by atoms with van der Waals surface area (Å²) < 4.78 is 0. The van der Waals surface area contributed by atoms with Crippen molar-refractivity contribution >= 4 is 22.9 Å². The van der Waals surface area contributed by atoms with Gasteiger partial charge in [-0.2, -0.15) is 0 Å². The highest BCUT2D eigenvalue weighted by atomic mass is 35.5. The number of thiophene rings is 1. The highest BCUT2D eigenvalue weighted by molar-refractivity contribution is 7.12. The Morgan fingerprint density at radius 2 is 1.92 bits per heavy atom. The molecule has 0 N–H and O–H groups in total. The Hall–Kier alpha value is -0.0100. The molecular weight excluding hydrogens is 188 g/mol. The molecule has 0 fully saturated rings. The quantitative estimate of drug-likeness (QED) is 0.628. The Bertz CT molecular complexity index is 263. The molecule has 12 heavy (non-hydrogen) atoms. The highest BCUT2D eigenvalue weighted by Gasteiger charge is 2.16. The topological polar surface area (TPSA) is 0 Å². The van der Waals surface area contributed by atoms with E-state index in [2.05, 4.69) is 33.8 Å². The Kier molecular flexibility index (Phi) is 3.19. The predicted molar refractivity (Wildman–Crippen MR) is 57.2 cm³/mol. The van der Waals surface area contributed by atoms with Crippen molar-refractivity contribution in [2.75, 3.05) is 0 Å². The number of hydrogen-bond donors (Lipinski definition) is 0. The summed E-state index contributed by atoms with van der Waals surface area (Å²) >= 11 is 8.10. The fourth-order valence-corrected chi connectivity index (χ4v) is 2.55. The molecule has 1 aromatic rings. The first kappa shape index (κ1) is 10.1. The van der Waals surface area contributed by atoms with Crippen LogP contribution in [-0.4, -0.2) is 0 Å². The SMILES string of the molecule is Cc1cc(C(Cl)C(C)C)c(C)s1. The van der Waals surface area contributed by atoms with Crippen molar-refractivity contribution in [1.82, 2.24) is 0 Å². The van der Waals surface area contributed by atoms with E-state index in [4.69, 9.17) is 11.6 Å². The summed E-state index contributed by atoms with van der Waals surface area (Å²) in [7, 11) is 0. The van der Waals surface area contributed by atoms with Crippen LogP contribution in [0, 0.1) is 19.8 Å². The maximum Gasteiger partial charge on any atom is 0.0619 e. The zero-order chi connectivity index (χ0) is 9.30. The van der Waals surface area contributed by atoms with Crippen molar-refractivity contribution in [2.45, 2.75) is 33.1 Å². The molecule has 0 saturated carbocycles. The molecule has 0 bridgehead atoms. The minimum atomic E-state index is 0.176. The summed E-state index contributed by atoms with van der Waals surface area (Å²) in [6, 6.07) is 2.21. The molecular formula is C10H15ClS. The van der Waals surface area contributed by atoms with Crippen LogP contribution in [0.25, 0.3) is 0 Å². The van der Waals surface area contributed by atoms with Crippen molar-refractivity contribution in [3.8, 4) is 0 Å². The van der Waals surface area contributed by atoms with Crippen LogP contribution in [-0.2, 0) is 0 Å². The summed E-state index contributed by atoms with van der Waals surface area (Å²) in [5.41, 5.74) is 1.31. The number of halogens is 1. The zero-order valence-electron chi connectivity index (χ0n) is 8.02. The van der Waals surface area contributed by atoms with Gasteiger partial charge in [0.25, 0.3) is 0 Å². The van der Waals surface area contributed by atoms with Crippen molar-refractivity contribution < 1.29 is 0 Å². The molecule has 0 aliphatic rings. The predicted octanol–water partition coefficient (Wildman–Crippen LogP) is 4.30. The molecule has 1 heterocycles. The first-order chi connectivity index (χ1) is 5.52. The maximum atomic E-state index is 6.27. The van der Waals surface area contributed by atoms with Gasteiger partial charge in [-0.05, 0) is 31.4 Å². The zero-order valence-corrected chi connectivity index (χ0v) is 9.59. The molecule has 2 heteroatoms. The molecule has 0 saturated heterocycles. The molecule has 1 unspecified atom stereocenters. The summed E-state index contributed by atoms with van der Waals surface area (Å²) in [6.07, 6.45) is 0. The van der Waals surface area contributed by atoms with E-state index in [0.717, 1.165) is 0 Å². The normalized spacial score (nSPS) is 13.8. The molecule has 0 nitrogen and oxygen atoms in total. The first-order valence-electron chi connectivity index (χ1n) is 4.23. The molecule has 1 atom stereocenters. The van der Waals surface area contributed by atoms with E-state index in [-0.39, 0.29) is 5.38 Å². The van der Waals surface area contributed by atoms with Gasteiger partial charge in [0.05, 0.1) is 5.38 Å². The van der Waals surface area contributed by atoms with Crippen LogP contribution in [0.2, 0.25) is 0 Å². The second kappa shape index (κ2) is 3.80. The van der Waals surface area contributed by atoms with Crippen molar-refractivity contribution in [3.05, 3.63) is 21.4 Å². The Balaban J connectivity index is 2.94. The lowest BCUT2D eigenvalue weighted by Crippen LogP contribution is -1.98. The van der Waals surface area contributed by atoms with Crippen LogP contribution < -0.4 is 0 Å². The van der Waals surface area contributed by atoms with E-state index in [0.29, 0.717) is 5.92 Å². The van der Waals surface area contributed by atoms with Crippen LogP contribution in [0.4, 0.5) is 0 Å². The molecule has 1 aromatic heterocycles. The molecule has 0 radical (unpaired) electrons. The Morgan fingerprint density at radius 3 is 2.25 bits per heavy atom. The molecule has 0 amide bonds. The second-order valence-corrected chi connectivity index (χ2v) is 5.45. The number of rotatable bonds is 2. The van der Waals surface area contributed by atoms with Gasteiger partial charge in [0, 0.05) is 9.75 Å². The van der Waals surface area contributed by atoms with Crippen molar-refractivity contribution in [3.63, 3.8) is 0 Å². The summed E-state index contributed by atoms with van der Waals surface area (Å²) in [4.78, 5) is 2.72. The maximum absolute atomic E-state index is 6.27. The minimum Gasteiger partial charge on any atom is -0.146 e. The molecule has 68 valence electrons. The van der Waals surface area contributed by atoms with Gasteiger partial charge in [0.15, 0.2) is 0 Å². The van der Waals surface area contributed by atoms with Crippen LogP contribution in [0.3, 0.4) is 0 Å². The van der Waals surface area contributed by atoms with E-state index >= 15 is 0 Å². The second-order valence-electron chi connectivity index (χ2n) is 3.51. The van der Waals surface area contributed by atoms with Gasteiger partial charge in [-0.25, -0.2) is 0 Å². The van der Waals surface area contributed by atoms with Crippen molar-refractivity contribution in [2.24, 2.45) is 5.92 Å². The Labute approximate surface area is 83.6 Å². The van der Waals surface area contributed by atoms with E-state index in [1.807, 2.05) is 11.3 Å². The van der Waals surface area contributed by atoms with Crippen molar-refractivity contribution in [1.29, 1.82) is 0 Å². The smallest absolute Gasteiger partial charge is 0.0619 e. The fourth-order valence-electron chi connectivity index (χ4n) is 1.28. The lowest BCUT2D eigenvalue weighted by Gasteiger charge is -2.12. The summed E-state index contributed by atoms with van der Waals surface area (Å²) in [6.45, 7) is 8.59. The molecule has 0 aromatic carbocycles. The fraction of sp³-hybridized carbons (Fsp3) is 0.600. The Morgan fingerprint density at radius 1 is 1.33 bits per heavy atom.